The van der Waals surface area contributed by atoms with E-state index in [0.29, 0.717) is 0 Å². The van der Waals surface area contributed by atoms with Gasteiger partial charge in [-0.3, -0.25) is 10.1 Å². The third-order valence-electron chi connectivity index (χ3n) is 1.87. The second-order valence-electron chi connectivity index (χ2n) is 2.81. The first kappa shape index (κ1) is 10.8. The van der Waals surface area contributed by atoms with Gasteiger partial charge in [0, 0.05) is 13.1 Å². The van der Waals surface area contributed by atoms with Crippen molar-refractivity contribution in [2.24, 2.45) is 5.92 Å². The molecule has 14 heavy (non-hydrogen) atoms. The maximum atomic E-state index is 11.3. The van der Waals surface area contributed by atoms with Crippen LogP contribution in [0.3, 0.4) is 0 Å². The fourth-order valence-electron chi connectivity index (χ4n) is 0.991. The van der Waals surface area contributed by atoms with E-state index >= 15 is 0 Å². The van der Waals surface area contributed by atoms with Crippen molar-refractivity contribution in [3.05, 3.63) is 12.4 Å². The van der Waals surface area contributed by atoms with Crippen LogP contribution in [0, 0.1) is 5.92 Å². The molecule has 76 valence electrons. The highest BCUT2D eigenvalue weighted by Gasteiger charge is 2.25. The van der Waals surface area contributed by atoms with Crippen molar-refractivity contribution < 1.29 is 4.79 Å². The first-order valence-electron chi connectivity index (χ1n) is 4.01. The summed E-state index contributed by atoms with van der Waals surface area (Å²) in [6.45, 7) is 1.46. The van der Waals surface area contributed by atoms with Crippen LogP contribution in [0.1, 0.15) is 0 Å². The van der Waals surface area contributed by atoms with Gasteiger partial charge >= 0.3 is 0 Å². The number of carbonyl (C=O) groups is 1. The van der Waals surface area contributed by atoms with Gasteiger partial charge in [0.25, 0.3) is 0 Å². The predicted octanol–water partition coefficient (Wildman–Crippen LogP) is -0.549. The van der Waals surface area contributed by atoms with Crippen LogP contribution < -0.4 is 10.6 Å². The maximum absolute atomic E-state index is 11.3. The number of hydrogen-bond acceptors (Lipinski definition) is 5. The minimum absolute atomic E-state index is 0. The van der Waals surface area contributed by atoms with Gasteiger partial charge in [0.05, 0.1) is 18.3 Å². The Morgan fingerprint density at radius 2 is 2.29 bits per heavy atom. The van der Waals surface area contributed by atoms with E-state index in [4.69, 9.17) is 0 Å². The molecule has 2 N–H and O–H groups in total. The van der Waals surface area contributed by atoms with Gasteiger partial charge in [0.15, 0.2) is 0 Å². The number of anilines is 1. The van der Waals surface area contributed by atoms with Gasteiger partial charge in [-0.15, -0.1) is 17.5 Å². The standard InChI is InChI=1S/C7H9N5O.ClH/c13-6(5-3-8-4-5)11-7-9-1-2-10-12-7;/h1-2,5,8H,3-4H2,(H,9,11,12,13);1H. The smallest absolute Gasteiger partial charge is 0.249 e. The van der Waals surface area contributed by atoms with Gasteiger partial charge < -0.3 is 5.32 Å². The van der Waals surface area contributed by atoms with Crippen LogP contribution in [-0.4, -0.2) is 34.2 Å². The van der Waals surface area contributed by atoms with Gasteiger partial charge in [-0.05, 0) is 0 Å². The molecule has 1 saturated heterocycles. The van der Waals surface area contributed by atoms with Gasteiger partial charge in [0.1, 0.15) is 0 Å². The summed E-state index contributed by atoms with van der Waals surface area (Å²) in [4.78, 5) is 15.2. The number of aromatic nitrogens is 3. The average molecular weight is 216 g/mol. The molecule has 0 aromatic carbocycles. The first-order chi connectivity index (χ1) is 6.36. The Balaban J connectivity index is 0.000000980. The normalized spacial score (nSPS) is 15.1. The summed E-state index contributed by atoms with van der Waals surface area (Å²) in [5.74, 6) is 0.259. The highest BCUT2D eigenvalue weighted by atomic mass is 35.5. The molecule has 0 atom stereocenters. The Kier molecular flexibility index (Phi) is 3.73. The number of nitrogens with one attached hydrogen (secondary N) is 2. The summed E-state index contributed by atoms with van der Waals surface area (Å²) in [5, 5.41) is 12.8. The van der Waals surface area contributed by atoms with Crippen molar-refractivity contribution >= 4 is 24.3 Å². The van der Waals surface area contributed by atoms with Crippen LogP contribution in [-0.2, 0) is 4.79 Å². The summed E-state index contributed by atoms with van der Waals surface area (Å²) in [6.07, 6.45) is 2.95. The zero-order valence-electron chi connectivity index (χ0n) is 7.30. The molecule has 1 fully saturated rings. The van der Waals surface area contributed by atoms with E-state index in [2.05, 4.69) is 25.8 Å². The van der Waals surface area contributed by atoms with Crippen LogP contribution in [0.4, 0.5) is 5.95 Å². The highest BCUT2D eigenvalue weighted by molar-refractivity contribution is 5.91. The fraction of sp³-hybridized carbons (Fsp3) is 0.429. The van der Waals surface area contributed by atoms with Crippen LogP contribution >= 0.6 is 12.4 Å². The van der Waals surface area contributed by atoms with Crippen LogP contribution in [0.2, 0.25) is 0 Å². The molecule has 1 aromatic rings. The van der Waals surface area contributed by atoms with Crippen molar-refractivity contribution in [1.29, 1.82) is 0 Å². The van der Waals surface area contributed by atoms with Crippen LogP contribution in [0.25, 0.3) is 0 Å². The van der Waals surface area contributed by atoms with Crippen molar-refractivity contribution in [2.45, 2.75) is 0 Å². The van der Waals surface area contributed by atoms with Gasteiger partial charge in [0.2, 0.25) is 11.9 Å². The minimum Gasteiger partial charge on any atom is -0.315 e. The summed E-state index contributed by atoms with van der Waals surface area (Å²) in [7, 11) is 0. The fourth-order valence-corrected chi connectivity index (χ4v) is 0.991. The lowest BCUT2D eigenvalue weighted by Crippen LogP contribution is -2.48. The van der Waals surface area contributed by atoms with E-state index in [-0.39, 0.29) is 30.2 Å². The zero-order valence-corrected chi connectivity index (χ0v) is 8.12. The van der Waals surface area contributed by atoms with Crippen molar-refractivity contribution in [3.63, 3.8) is 0 Å². The molecule has 0 bridgehead atoms. The number of hydrogen-bond donors (Lipinski definition) is 2. The Morgan fingerprint density at radius 3 is 2.79 bits per heavy atom. The van der Waals surface area contributed by atoms with E-state index in [0.717, 1.165) is 13.1 Å². The first-order valence-corrected chi connectivity index (χ1v) is 4.01. The van der Waals surface area contributed by atoms with Crippen LogP contribution in [0.15, 0.2) is 12.4 Å². The Morgan fingerprint density at radius 1 is 1.50 bits per heavy atom. The van der Waals surface area contributed by atoms with Crippen molar-refractivity contribution in [1.82, 2.24) is 20.5 Å². The molecule has 1 amide bonds. The second-order valence-corrected chi connectivity index (χ2v) is 2.81. The molecule has 1 aromatic heterocycles. The number of amides is 1. The monoisotopic (exact) mass is 215 g/mol. The minimum atomic E-state index is -0.0493. The molecular formula is C7H10ClN5O. The summed E-state index contributed by atoms with van der Waals surface area (Å²) < 4.78 is 0. The number of nitrogens with zero attached hydrogens (tertiary/aromatic N) is 3. The Hall–Kier alpha value is -1.27. The lowest BCUT2D eigenvalue weighted by Gasteiger charge is -2.25. The molecule has 0 aliphatic carbocycles. The molecule has 1 aliphatic rings. The quantitative estimate of drug-likeness (QED) is 0.692. The molecule has 0 unspecified atom stereocenters. The van der Waals surface area contributed by atoms with Crippen molar-refractivity contribution in [3.8, 4) is 0 Å². The predicted molar refractivity (Wildman–Crippen MR) is 52.1 cm³/mol. The van der Waals surface area contributed by atoms with E-state index in [9.17, 15) is 4.79 Å². The largest absolute Gasteiger partial charge is 0.315 e. The lowest BCUT2D eigenvalue weighted by atomic mass is 10.0. The van der Waals surface area contributed by atoms with Crippen molar-refractivity contribution in [2.75, 3.05) is 18.4 Å². The Bertz CT molecular complexity index is 302. The molecule has 0 spiro atoms. The van der Waals surface area contributed by atoms with Gasteiger partial charge in [-0.2, -0.15) is 5.10 Å². The SMILES string of the molecule is Cl.O=C(Nc1nccnn1)C1CNC1. The van der Waals surface area contributed by atoms with E-state index in [1.165, 1.54) is 12.4 Å². The number of halogens is 1. The van der Waals surface area contributed by atoms with Gasteiger partial charge in [-0.1, -0.05) is 0 Å². The molecule has 2 heterocycles. The molecule has 0 saturated carbocycles. The summed E-state index contributed by atoms with van der Waals surface area (Å²) in [5.41, 5.74) is 0. The average Bonchev–Trinajstić information content (AvgIpc) is 2.02. The maximum Gasteiger partial charge on any atom is 0.249 e. The van der Waals surface area contributed by atoms with E-state index in [1.807, 2.05) is 0 Å². The third kappa shape index (κ3) is 2.36. The molecule has 2 rings (SSSR count). The van der Waals surface area contributed by atoms with E-state index in [1.54, 1.807) is 0 Å². The summed E-state index contributed by atoms with van der Waals surface area (Å²) in [6, 6.07) is 0. The summed E-state index contributed by atoms with van der Waals surface area (Å²) >= 11 is 0. The topological polar surface area (TPSA) is 79.8 Å². The number of rotatable bonds is 2. The number of carbonyl (C=O) groups excluding carboxylic acids is 1. The molecule has 0 radical (unpaired) electrons. The molecular weight excluding hydrogens is 206 g/mol. The zero-order chi connectivity index (χ0) is 9.10. The lowest BCUT2D eigenvalue weighted by molar-refractivity contribution is -0.121. The van der Waals surface area contributed by atoms with Crippen LogP contribution in [0.5, 0.6) is 0 Å². The molecule has 1 aliphatic heterocycles. The Labute approximate surface area is 86.9 Å². The molecule has 7 heteroatoms. The highest BCUT2D eigenvalue weighted by Crippen LogP contribution is 2.05. The third-order valence-corrected chi connectivity index (χ3v) is 1.87. The van der Waals surface area contributed by atoms with Gasteiger partial charge in [-0.25, -0.2) is 4.98 Å². The second kappa shape index (κ2) is 4.83. The molecule has 6 nitrogen and oxygen atoms in total. The van der Waals surface area contributed by atoms with E-state index < -0.39 is 0 Å².